The summed E-state index contributed by atoms with van der Waals surface area (Å²) >= 11 is 9.00. The number of non-ortho nitro benzene ring substituents is 1. The van der Waals surface area contributed by atoms with Crippen LogP contribution in [0.4, 0.5) is 10.8 Å². The van der Waals surface area contributed by atoms with Gasteiger partial charge in [0, 0.05) is 35.3 Å². The number of rotatable bonds is 6. The predicted molar refractivity (Wildman–Crippen MR) is 123 cm³/mol. The Morgan fingerprint density at radius 2 is 1.93 bits per heavy atom. The number of carbonyl (C=O) groups excluding carboxylic acids is 1. The molecule has 0 spiro atoms. The second-order valence-corrected chi connectivity index (χ2v) is 9.43. The number of benzene rings is 2. The van der Waals surface area contributed by atoms with E-state index in [2.05, 4.69) is 4.98 Å². The van der Waals surface area contributed by atoms with Crippen molar-refractivity contribution in [1.82, 2.24) is 9.88 Å². The molecule has 0 N–H and O–H groups in total. The van der Waals surface area contributed by atoms with Crippen molar-refractivity contribution < 1.29 is 9.72 Å². The van der Waals surface area contributed by atoms with Crippen molar-refractivity contribution in [2.75, 3.05) is 32.1 Å². The molecule has 0 bridgehead atoms. The number of anilines is 1. The van der Waals surface area contributed by atoms with Crippen LogP contribution in [0.2, 0.25) is 5.02 Å². The second-order valence-electron chi connectivity index (χ2n) is 6.93. The third-order valence-electron chi connectivity index (χ3n) is 4.53. The Kier molecular flexibility index (Phi) is 5.70. The smallest absolute Gasteiger partial charge is 0.270 e. The number of likely N-dealkylation sites (N-methyl/N-ethyl adjacent to an activating group) is 1. The highest BCUT2D eigenvalue weighted by atomic mass is 35.5. The fourth-order valence-electron chi connectivity index (χ4n) is 2.99. The maximum atomic E-state index is 13.4. The highest BCUT2D eigenvalue weighted by molar-refractivity contribution is 7.23. The molecule has 0 radical (unpaired) electrons. The Balaban J connectivity index is 1.74. The predicted octanol–water partition coefficient (Wildman–Crippen LogP) is 5.28. The van der Waals surface area contributed by atoms with Crippen molar-refractivity contribution in [3.63, 3.8) is 0 Å². The van der Waals surface area contributed by atoms with Gasteiger partial charge in [-0.05, 0) is 38.4 Å². The zero-order chi connectivity index (χ0) is 21.4. The summed E-state index contributed by atoms with van der Waals surface area (Å²) in [5.74, 6) is -0.184. The van der Waals surface area contributed by atoms with Gasteiger partial charge in [-0.1, -0.05) is 29.0 Å². The summed E-state index contributed by atoms with van der Waals surface area (Å²) in [4.78, 5) is 32.8. The van der Waals surface area contributed by atoms with Crippen LogP contribution in [0.3, 0.4) is 0 Å². The van der Waals surface area contributed by atoms with E-state index in [1.165, 1.54) is 34.8 Å². The number of thiophene rings is 1. The zero-order valence-corrected chi connectivity index (χ0v) is 18.6. The highest BCUT2D eigenvalue weighted by Crippen LogP contribution is 2.35. The minimum Gasteiger partial charge on any atom is -0.308 e. The molecule has 4 aromatic rings. The molecule has 7 nitrogen and oxygen atoms in total. The second kappa shape index (κ2) is 8.27. The van der Waals surface area contributed by atoms with E-state index in [0.29, 0.717) is 39.0 Å². The number of nitro benzene ring substituents is 1. The van der Waals surface area contributed by atoms with Gasteiger partial charge in [-0.3, -0.25) is 19.8 Å². The van der Waals surface area contributed by atoms with Crippen molar-refractivity contribution in [3.05, 3.63) is 62.5 Å². The number of hydrogen-bond acceptors (Lipinski definition) is 7. The maximum absolute atomic E-state index is 13.4. The first-order valence-electron chi connectivity index (χ1n) is 9.03. The number of halogens is 1. The van der Waals surface area contributed by atoms with E-state index in [0.717, 1.165) is 9.40 Å². The number of fused-ring (bicyclic) bond motifs is 2. The van der Waals surface area contributed by atoms with E-state index in [9.17, 15) is 14.9 Å². The number of hydrogen-bond donors (Lipinski definition) is 0. The lowest BCUT2D eigenvalue weighted by Gasteiger charge is -2.21. The first kappa shape index (κ1) is 20.7. The molecule has 0 aliphatic carbocycles. The Morgan fingerprint density at radius 1 is 1.13 bits per heavy atom. The van der Waals surface area contributed by atoms with Crippen LogP contribution in [-0.4, -0.2) is 47.9 Å². The zero-order valence-electron chi connectivity index (χ0n) is 16.2. The molecule has 2 aromatic heterocycles. The van der Waals surface area contributed by atoms with Gasteiger partial charge < -0.3 is 4.90 Å². The van der Waals surface area contributed by atoms with E-state index in [1.54, 1.807) is 23.1 Å². The molecule has 0 unspecified atom stereocenters. The van der Waals surface area contributed by atoms with Crippen LogP contribution in [-0.2, 0) is 0 Å². The molecule has 2 aromatic carbocycles. The summed E-state index contributed by atoms with van der Waals surface area (Å²) in [6, 6.07) is 11.9. The van der Waals surface area contributed by atoms with Crippen LogP contribution in [0.15, 0.2) is 42.5 Å². The quantitative estimate of drug-likeness (QED) is 0.289. The molecule has 0 atom stereocenters. The monoisotopic (exact) mass is 460 g/mol. The van der Waals surface area contributed by atoms with Gasteiger partial charge in [0.1, 0.15) is 5.52 Å². The van der Waals surface area contributed by atoms with Gasteiger partial charge >= 0.3 is 0 Å². The van der Waals surface area contributed by atoms with Gasteiger partial charge in [-0.2, -0.15) is 0 Å². The van der Waals surface area contributed by atoms with E-state index in [-0.39, 0.29) is 11.6 Å². The molecule has 0 saturated carbocycles. The lowest BCUT2D eigenvalue weighted by molar-refractivity contribution is -0.384. The van der Waals surface area contributed by atoms with Crippen molar-refractivity contribution in [2.24, 2.45) is 0 Å². The van der Waals surface area contributed by atoms with Crippen LogP contribution in [0.5, 0.6) is 0 Å². The summed E-state index contributed by atoms with van der Waals surface area (Å²) in [5, 5.41) is 12.9. The average molecular weight is 461 g/mol. The molecule has 2 heterocycles. The Bertz CT molecular complexity index is 1270. The minimum atomic E-state index is -0.438. The van der Waals surface area contributed by atoms with Gasteiger partial charge in [-0.15, -0.1) is 11.3 Å². The van der Waals surface area contributed by atoms with Gasteiger partial charge in [0.2, 0.25) is 0 Å². The number of thiazole rings is 1. The normalized spacial score (nSPS) is 11.5. The molecule has 30 heavy (non-hydrogen) atoms. The molecule has 0 aliphatic rings. The average Bonchev–Trinajstić information content (AvgIpc) is 3.32. The van der Waals surface area contributed by atoms with E-state index >= 15 is 0 Å². The van der Waals surface area contributed by atoms with Gasteiger partial charge in [0.05, 0.1) is 19.5 Å². The minimum absolute atomic E-state index is 0.00424. The molecule has 4 rings (SSSR count). The first-order valence-corrected chi connectivity index (χ1v) is 11.0. The molecule has 1 amide bonds. The van der Waals surface area contributed by atoms with Crippen molar-refractivity contribution >= 4 is 71.3 Å². The lowest BCUT2D eigenvalue weighted by Crippen LogP contribution is -2.36. The first-order chi connectivity index (χ1) is 14.3. The van der Waals surface area contributed by atoms with Gasteiger partial charge in [0.25, 0.3) is 11.6 Å². The number of amides is 1. The van der Waals surface area contributed by atoms with Gasteiger partial charge in [-0.25, -0.2) is 4.98 Å². The standard InChI is InChI=1S/C20H17ClN4O3S2/c1-23(2)8-9-24(20-22-18-14(21)4-3-5-16(18)30-20)19(26)17-11-12-10-13(25(27)28)6-7-15(12)29-17/h3-7,10-11H,8-9H2,1-2H3. The Labute approximate surface area is 185 Å². The molecule has 154 valence electrons. The van der Waals surface area contributed by atoms with Crippen LogP contribution in [0, 0.1) is 10.1 Å². The lowest BCUT2D eigenvalue weighted by atomic mass is 10.2. The molecule has 10 heteroatoms. The SMILES string of the molecule is CN(C)CCN(C(=O)c1cc2cc([N+](=O)[O-])ccc2s1)c1nc2c(Cl)cccc2s1. The highest BCUT2D eigenvalue weighted by Gasteiger charge is 2.24. The summed E-state index contributed by atoms with van der Waals surface area (Å²) < 4.78 is 1.73. The van der Waals surface area contributed by atoms with Crippen molar-refractivity contribution in [2.45, 2.75) is 0 Å². The number of nitro groups is 1. The van der Waals surface area contributed by atoms with E-state index < -0.39 is 4.92 Å². The molecule has 0 fully saturated rings. The van der Waals surface area contributed by atoms with Crippen molar-refractivity contribution in [3.8, 4) is 0 Å². The topological polar surface area (TPSA) is 79.6 Å². The number of carbonyl (C=O) groups is 1. The van der Waals surface area contributed by atoms with Crippen molar-refractivity contribution in [1.29, 1.82) is 0 Å². The third kappa shape index (κ3) is 4.01. The Morgan fingerprint density at radius 3 is 2.63 bits per heavy atom. The number of nitrogens with zero attached hydrogens (tertiary/aromatic N) is 4. The summed E-state index contributed by atoms with van der Waals surface area (Å²) in [5.41, 5.74) is 0.679. The fourth-order valence-corrected chi connectivity index (χ4v) is 5.27. The molecule has 0 saturated heterocycles. The number of para-hydroxylation sites is 1. The number of aromatic nitrogens is 1. The largest absolute Gasteiger partial charge is 0.308 e. The fraction of sp³-hybridized carbons (Fsp3) is 0.200. The van der Waals surface area contributed by atoms with Crippen LogP contribution in [0.1, 0.15) is 9.67 Å². The van der Waals surface area contributed by atoms with E-state index in [1.807, 2.05) is 31.1 Å². The summed E-state index contributed by atoms with van der Waals surface area (Å²) in [6.45, 7) is 1.11. The summed E-state index contributed by atoms with van der Waals surface area (Å²) in [6.07, 6.45) is 0. The van der Waals surface area contributed by atoms with Crippen LogP contribution >= 0.6 is 34.3 Å². The Hall–Kier alpha value is -2.59. The van der Waals surface area contributed by atoms with Crippen LogP contribution < -0.4 is 4.90 Å². The maximum Gasteiger partial charge on any atom is 0.270 e. The van der Waals surface area contributed by atoms with E-state index in [4.69, 9.17) is 11.6 Å². The van der Waals surface area contributed by atoms with Crippen LogP contribution in [0.25, 0.3) is 20.3 Å². The third-order valence-corrected chi connectivity index (χ3v) is 6.98. The summed E-state index contributed by atoms with van der Waals surface area (Å²) in [7, 11) is 3.88. The molecule has 0 aliphatic heterocycles. The van der Waals surface area contributed by atoms with Gasteiger partial charge in [0.15, 0.2) is 5.13 Å². The molecular weight excluding hydrogens is 444 g/mol. The molecular formula is C20H17ClN4O3S2.